The van der Waals surface area contributed by atoms with Crippen LogP contribution in [0.2, 0.25) is 0 Å². The molecule has 3 N–H and O–H groups in total. The predicted molar refractivity (Wildman–Crippen MR) is 70.0 cm³/mol. The van der Waals surface area contributed by atoms with E-state index in [0.717, 1.165) is 11.3 Å². The Morgan fingerprint density at radius 2 is 2.32 bits per heavy atom. The Morgan fingerprint density at radius 3 is 2.89 bits per heavy atom. The minimum absolute atomic E-state index is 0.156. The van der Waals surface area contributed by atoms with Gasteiger partial charge >= 0.3 is 0 Å². The third-order valence-electron chi connectivity index (χ3n) is 2.21. The Labute approximate surface area is 112 Å². The van der Waals surface area contributed by atoms with Crippen molar-refractivity contribution in [2.45, 2.75) is 0 Å². The van der Waals surface area contributed by atoms with Crippen molar-refractivity contribution >= 4 is 28.1 Å². The lowest BCUT2D eigenvalue weighted by atomic mass is 10.2. The highest BCUT2D eigenvalue weighted by atomic mass is 32.1. The van der Waals surface area contributed by atoms with Crippen LogP contribution in [-0.2, 0) is 0 Å². The van der Waals surface area contributed by atoms with Gasteiger partial charge in [-0.25, -0.2) is 0 Å². The molecule has 0 aliphatic rings. The molecule has 0 bridgehead atoms. The van der Waals surface area contributed by atoms with Crippen LogP contribution in [0.25, 0.3) is 0 Å². The van der Waals surface area contributed by atoms with Crippen LogP contribution < -0.4 is 15.8 Å². The van der Waals surface area contributed by atoms with Crippen molar-refractivity contribution in [3.05, 3.63) is 28.8 Å². The number of nitrogens with zero attached hydrogens (tertiary/aromatic N) is 3. The summed E-state index contributed by atoms with van der Waals surface area (Å²) in [7, 11) is 1.45. The zero-order valence-corrected chi connectivity index (χ0v) is 10.7. The molecule has 8 heteroatoms. The number of hydrogen-bond donors (Lipinski definition) is 2. The molecular formula is C11H9N5O2S. The van der Waals surface area contributed by atoms with Gasteiger partial charge in [0.25, 0.3) is 5.91 Å². The number of rotatable bonds is 3. The van der Waals surface area contributed by atoms with Crippen molar-refractivity contribution in [1.82, 2.24) is 10.2 Å². The van der Waals surface area contributed by atoms with Crippen molar-refractivity contribution in [1.29, 1.82) is 5.26 Å². The summed E-state index contributed by atoms with van der Waals surface area (Å²) >= 11 is 0.987. The summed E-state index contributed by atoms with van der Waals surface area (Å²) in [5, 5.41) is 19.0. The average Bonchev–Trinajstić information content (AvgIpc) is 2.86. The third kappa shape index (κ3) is 2.78. The summed E-state index contributed by atoms with van der Waals surface area (Å²) in [6.45, 7) is 0. The number of anilines is 2. The summed E-state index contributed by atoms with van der Waals surface area (Å²) in [4.78, 5) is 11.9. The first-order chi connectivity index (χ1) is 9.13. The Morgan fingerprint density at radius 1 is 1.53 bits per heavy atom. The van der Waals surface area contributed by atoms with E-state index in [1.807, 2.05) is 6.07 Å². The lowest BCUT2D eigenvalue weighted by Crippen LogP contribution is -2.12. The zero-order chi connectivity index (χ0) is 13.8. The molecule has 1 aromatic carbocycles. The molecule has 1 aromatic heterocycles. The highest BCUT2D eigenvalue weighted by Gasteiger charge is 2.14. The van der Waals surface area contributed by atoms with Crippen molar-refractivity contribution in [2.24, 2.45) is 0 Å². The monoisotopic (exact) mass is 275 g/mol. The van der Waals surface area contributed by atoms with E-state index >= 15 is 0 Å². The molecule has 2 rings (SSSR count). The molecule has 1 amide bonds. The Kier molecular flexibility index (Phi) is 3.58. The number of nitriles is 1. The van der Waals surface area contributed by atoms with Gasteiger partial charge in [-0.3, -0.25) is 4.79 Å². The van der Waals surface area contributed by atoms with Gasteiger partial charge in [-0.05, 0) is 12.1 Å². The highest BCUT2D eigenvalue weighted by Crippen LogP contribution is 2.26. The van der Waals surface area contributed by atoms with Gasteiger partial charge in [-0.1, -0.05) is 11.3 Å². The Bertz CT molecular complexity index is 661. The second-order valence-corrected chi connectivity index (χ2v) is 4.44. The minimum Gasteiger partial charge on any atom is -0.495 e. The molecule has 0 spiro atoms. The van der Waals surface area contributed by atoms with Gasteiger partial charge in [0, 0.05) is 6.07 Å². The maximum atomic E-state index is 11.9. The number of ether oxygens (including phenoxy) is 1. The zero-order valence-electron chi connectivity index (χ0n) is 9.88. The van der Waals surface area contributed by atoms with Gasteiger partial charge in [0.15, 0.2) is 0 Å². The molecule has 0 fully saturated rings. The van der Waals surface area contributed by atoms with E-state index in [2.05, 4.69) is 15.5 Å². The SMILES string of the molecule is COc1cc(C#N)ccc1NC(=O)c1nnc(N)s1. The van der Waals surface area contributed by atoms with Crippen molar-refractivity contribution in [2.75, 3.05) is 18.2 Å². The minimum atomic E-state index is -0.433. The van der Waals surface area contributed by atoms with Crippen LogP contribution in [0.5, 0.6) is 5.75 Å². The van der Waals surface area contributed by atoms with E-state index in [0.29, 0.717) is 17.0 Å². The fourth-order valence-electron chi connectivity index (χ4n) is 1.37. The molecule has 0 saturated carbocycles. The lowest BCUT2D eigenvalue weighted by Gasteiger charge is -2.08. The summed E-state index contributed by atoms with van der Waals surface area (Å²) in [5.41, 5.74) is 6.29. The fourth-order valence-corrected chi connectivity index (χ4v) is 1.87. The van der Waals surface area contributed by atoms with Crippen molar-refractivity contribution < 1.29 is 9.53 Å². The van der Waals surface area contributed by atoms with Crippen LogP contribution in [0.4, 0.5) is 10.8 Å². The molecular weight excluding hydrogens is 266 g/mol. The lowest BCUT2D eigenvalue weighted by molar-refractivity contribution is 0.102. The smallest absolute Gasteiger partial charge is 0.286 e. The normalized spacial score (nSPS) is 9.68. The van der Waals surface area contributed by atoms with Crippen LogP contribution in [-0.4, -0.2) is 23.2 Å². The Balaban J connectivity index is 2.24. The standard InChI is InChI=1S/C11H9N5O2S/c1-18-8-4-6(5-12)2-3-7(8)14-9(17)10-15-16-11(13)19-10/h2-4H,1H3,(H2,13,16)(H,14,17). The van der Waals surface area contributed by atoms with Gasteiger partial charge in [-0.2, -0.15) is 5.26 Å². The van der Waals surface area contributed by atoms with Crippen LogP contribution in [0.15, 0.2) is 18.2 Å². The summed E-state index contributed by atoms with van der Waals surface area (Å²) < 4.78 is 5.11. The van der Waals surface area contributed by atoms with E-state index in [1.165, 1.54) is 13.2 Å². The van der Waals surface area contributed by atoms with E-state index < -0.39 is 5.91 Å². The van der Waals surface area contributed by atoms with Crippen molar-refractivity contribution in [3.8, 4) is 11.8 Å². The number of carbonyl (C=O) groups excluding carboxylic acids is 1. The summed E-state index contributed by atoms with van der Waals surface area (Å²) in [6, 6.07) is 6.68. The molecule has 0 saturated heterocycles. The Hall–Kier alpha value is -2.66. The molecule has 19 heavy (non-hydrogen) atoms. The highest BCUT2D eigenvalue weighted by molar-refractivity contribution is 7.16. The third-order valence-corrected chi connectivity index (χ3v) is 2.96. The van der Waals surface area contributed by atoms with Crippen LogP contribution in [0.1, 0.15) is 15.4 Å². The quantitative estimate of drug-likeness (QED) is 0.871. The molecule has 0 radical (unpaired) electrons. The fraction of sp³-hybridized carbons (Fsp3) is 0.0909. The first-order valence-electron chi connectivity index (χ1n) is 5.12. The molecule has 1 heterocycles. The van der Waals surface area contributed by atoms with Crippen LogP contribution >= 0.6 is 11.3 Å². The second-order valence-electron chi connectivity index (χ2n) is 3.43. The molecule has 0 unspecified atom stereocenters. The van der Waals surface area contributed by atoms with Gasteiger partial charge < -0.3 is 15.8 Å². The van der Waals surface area contributed by atoms with E-state index in [4.69, 9.17) is 15.7 Å². The van der Waals surface area contributed by atoms with E-state index in [9.17, 15) is 4.79 Å². The van der Waals surface area contributed by atoms with Crippen LogP contribution in [0.3, 0.4) is 0 Å². The number of carbonyl (C=O) groups is 1. The number of nitrogens with two attached hydrogens (primary N) is 1. The molecule has 0 atom stereocenters. The molecule has 7 nitrogen and oxygen atoms in total. The molecule has 0 aliphatic carbocycles. The maximum absolute atomic E-state index is 11.9. The number of amides is 1. The number of methoxy groups -OCH3 is 1. The van der Waals surface area contributed by atoms with E-state index in [1.54, 1.807) is 12.1 Å². The average molecular weight is 275 g/mol. The van der Waals surface area contributed by atoms with E-state index in [-0.39, 0.29) is 10.1 Å². The van der Waals surface area contributed by atoms with Gasteiger partial charge in [0.1, 0.15) is 5.75 Å². The van der Waals surface area contributed by atoms with Gasteiger partial charge in [-0.15, -0.1) is 10.2 Å². The van der Waals surface area contributed by atoms with Crippen molar-refractivity contribution in [3.63, 3.8) is 0 Å². The maximum Gasteiger partial charge on any atom is 0.286 e. The number of hydrogen-bond acceptors (Lipinski definition) is 7. The summed E-state index contributed by atoms with van der Waals surface area (Å²) in [6.07, 6.45) is 0. The first kappa shape index (κ1) is 12.8. The second kappa shape index (κ2) is 5.32. The topological polar surface area (TPSA) is 114 Å². The number of aromatic nitrogens is 2. The molecule has 2 aromatic rings. The molecule has 0 aliphatic heterocycles. The molecule has 96 valence electrons. The summed E-state index contributed by atoms with van der Waals surface area (Å²) in [5.74, 6) is -0.0397. The first-order valence-corrected chi connectivity index (χ1v) is 5.94. The largest absolute Gasteiger partial charge is 0.495 e. The number of benzene rings is 1. The number of nitrogen functional groups attached to an aromatic ring is 1. The van der Waals surface area contributed by atoms with Crippen LogP contribution in [0, 0.1) is 11.3 Å². The van der Waals surface area contributed by atoms with Gasteiger partial charge in [0.2, 0.25) is 10.1 Å². The predicted octanol–water partition coefficient (Wildman–Crippen LogP) is 1.25. The van der Waals surface area contributed by atoms with Gasteiger partial charge in [0.05, 0.1) is 24.4 Å². The number of nitrogens with one attached hydrogen (secondary N) is 1.